The summed E-state index contributed by atoms with van der Waals surface area (Å²) in [6, 6.07) is 15.7. The first-order chi connectivity index (χ1) is 13.7. The fourth-order valence-corrected chi connectivity index (χ4v) is 3.35. The van der Waals surface area contributed by atoms with Gasteiger partial charge >= 0.3 is 0 Å². The number of nitrogens with zero attached hydrogens (tertiary/aromatic N) is 1. The Morgan fingerprint density at radius 1 is 0.929 bits per heavy atom. The molecule has 1 N–H and O–H groups in total. The zero-order valence-corrected chi connectivity index (χ0v) is 16.7. The summed E-state index contributed by atoms with van der Waals surface area (Å²) < 4.78 is 11.1. The zero-order chi connectivity index (χ0) is 19.6. The van der Waals surface area contributed by atoms with Gasteiger partial charge in [-0.15, -0.1) is 0 Å². The van der Waals surface area contributed by atoms with Crippen LogP contribution in [0.15, 0.2) is 48.5 Å². The van der Waals surface area contributed by atoms with Crippen LogP contribution in [0.5, 0.6) is 11.5 Å². The summed E-state index contributed by atoms with van der Waals surface area (Å²) in [6.07, 6.45) is 4.96. The zero-order valence-electron chi connectivity index (χ0n) is 16.7. The molecule has 150 valence electrons. The Morgan fingerprint density at radius 3 is 2.21 bits per heavy atom. The van der Waals surface area contributed by atoms with Crippen molar-refractivity contribution in [2.75, 3.05) is 36.5 Å². The van der Waals surface area contributed by atoms with Crippen LogP contribution < -0.4 is 19.7 Å². The Balaban J connectivity index is 1.36. The molecule has 2 aromatic carbocycles. The molecule has 0 aromatic heterocycles. The van der Waals surface area contributed by atoms with Crippen molar-refractivity contribution in [1.82, 2.24) is 0 Å². The van der Waals surface area contributed by atoms with Gasteiger partial charge in [-0.25, -0.2) is 0 Å². The summed E-state index contributed by atoms with van der Waals surface area (Å²) in [5.41, 5.74) is 2.08. The van der Waals surface area contributed by atoms with Gasteiger partial charge in [0, 0.05) is 30.9 Å². The number of hydrogen-bond donors (Lipinski definition) is 1. The summed E-state index contributed by atoms with van der Waals surface area (Å²) in [5, 5.41) is 2.96. The molecule has 0 atom stereocenters. The average Bonchev–Trinajstić information content (AvgIpc) is 2.74. The van der Waals surface area contributed by atoms with Crippen LogP contribution in [0.3, 0.4) is 0 Å². The van der Waals surface area contributed by atoms with Gasteiger partial charge in [-0.3, -0.25) is 4.79 Å². The van der Waals surface area contributed by atoms with Gasteiger partial charge < -0.3 is 19.7 Å². The molecule has 0 unspecified atom stereocenters. The second kappa shape index (κ2) is 10.6. The van der Waals surface area contributed by atoms with Crippen LogP contribution >= 0.6 is 0 Å². The van der Waals surface area contributed by atoms with Gasteiger partial charge in [-0.1, -0.05) is 0 Å². The molecular weight excluding hydrogens is 352 g/mol. The first-order valence-electron chi connectivity index (χ1n) is 10.2. The molecule has 1 saturated heterocycles. The minimum absolute atomic E-state index is 0.0148. The highest BCUT2D eigenvalue weighted by molar-refractivity contribution is 5.90. The molecule has 0 saturated carbocycles. The molecule has 5 nitrogen and oxygen atoms in total. The van der Waals surface area contributed by atoms with Gasteiger partial charge in [0.2, 0.25) is 5.91 Å². The predicted molar refractivity (Wildman–Crippen MR) is 113 cm³/mol. The van der Waals surface area contributed by atoms with Crippen molar-refractivity contribution in [3.63, 3.8) is 0 Å². The van der Waals surface area contributed by atoms with Crippen LogP contribution in [0.25, 0.3) is 0 Å². The SMILES string of the molecule is CCOc1ccc(OCCCC(=O)Nc2ccc(N3CCCCC3)cc2)cc1. The van der Waals surface area contributed by atoms with Gasteiger partial charge in [0.05, 0.1) is 13.2 Å². The number of rotatable bonds is 9. The van der Waals surface area contributed by atoms with Crippen molar-refractivity contribution < 1.29 is 14.3 Å². The van der Waals surface area contributed by atoms with Gasteiger partial charge in [-0.2, -0.15) is 0 Å². The molecule has 1 aliphatic heterocycles. The number of benzene rings is 2. The maximum Gasteiger partial charge on any atom is 0.224 e. The molecule has 5 heteroatoms. The van der Waals surface area contributed by atoms with E-state index in [2.05, 4.69) is 22.3 Å². The highest BCUT2D eigenvalue weighted by atomic mass is 16.5. The summed E-state index contributed by atoms with van der Waals surface area (Å²) >= 11 is 0. The van der Waals surface area contributed by atoms with E-state index in [1.807, 2.05) is 43.3 Å². The Morgan fingerprint density at radius 2 is 1.57 bits per heavy atom. The van der Waals surface area contributed by atoms with E-state index in [0.29, 0.717) is 26.1 Å². The first kappa shape index (κ1) is 20.1. The molecule has 1 heterocycles. The van der Waals surface area contributed by atoms with Gasteiger partial charge in [0.1, 0.15) is 11.5 Å². The summed E-state index contributed by atoms with van der Waals surface area (Å²) in [5.74, 6) is 1.64. The largest absolute Gasteiger partial charge is 0.494 e. The van der Waals surface area contributed by atoms with Crippen molar-refractivity contribution >= 4 is 17.3 Å². The second-order valence-corrected chi connectivity index (χ2v) is 7.00. The van der Waals surface area contributed by atoms with E-state index in [9.17, 15) is 4.79 Å². The third-order valence-corrected chi connectivity index (χ3v) is 4.82. The smallest absolute Gasteiger partial charge is 0.224 e. The van der Waals surface area contributed by atoms with E-state index in [4.69, 9.17) is 9.47 Å². The van der Waals surface area contributed by atoms with E-state index in [1.165, 1.54) is 24.9 Å². The minimum atomic E-state index is 0.0148. The van der Waals surface area contributed by atoms with Crippen molar-refractivity contribution in [2.45, 2.75) is 39.0 Å². The monoisotopic (exact) mass is 382 g/mol. The molecule has 3 rings (SSSR count). The maximum atomic E-state index is 12.1. The normalized spacial score (nSPS) is 13.8. The number of ether oxygens (including phenoxy) is 2. The van der Waals surface area contributed by atoms with E-state index in [0.717, 1.165) is 30.3 Å². The quantitative estimate of drug-likeness (QED) is 0.629. The number of piperidine rings is 1. The number of carbonyl (C=O) groups is 1. The maximum absolute atomic E-state index is 12.1. The lowest BCUT2D eigenvalue weighted by Crippen LogP contribution is -2.29. The summed E-state index contributed by atoms with van der Waals surface area (Å²) in [4.78, 5) is 14.5. The first-order valence-corrected chi connectivity index (χ1v) is 10.2. The van der Waals surface area contributed by atoms with Crippen LogP contribution in [-0.4, -0.2) is 32.2 Å². The van der Waals surface area contributed by atoms with E-state index in [1.54, 1.807) is 0 Å². The predicted octanol–water partition coefficient (Wildman–Crippen LogP) is 4.87. The summed E-state index contributed by atoms with van der Waals surface area (Å²) in [6.45, 7) is 5.37. The highest BCUT2D eigenvalue weighted by Gasteiger charge is 2.11. The van der Waals surface area contributed by atoms with Crippen LogP contribution in [0.4, 0.5) is 11.4 Å². The Bertz CT molecular complexity index is 723. The Labute approximate surface area is 167 Å². The van der Waals surface area contributed by atoms with Crippen LogP contribution in [0.2, 0.25) is 0 Å². The number of nitrogens with one attached hydrogen (secondary N) is 1. The average molecular weight is 383 g/mol. The van der Waals surface area contributed by atoms with Crippen LogP contribution in [0.1, 0.15) is 39.0 Å². The van der Waals surface area contributed by atoms with E-state index >= 15 is 0 Å². The third kappa shape index (κ3) is 6.19. The van der Waals surface area contributed by atoms with E-state index in [-0.39, 0.29) is 5.91 Å². The second-order valence-electron chi connectivity index (χ2n) is 7.00. The Hall–Kier alpha value is -2.69. The lowest BCUT2D eigenvalue weighted by molar-refractivity contribution is -0.116. The molecule has 1 aliphatic rings. The third-order valence-electron chi connectivity index (χ3n) is 4.82. The minimum Gasteiger partial charge on any atom is -0.494 e. The molecule has 28 heavy (non-hydrogen) atoms. The lowest BCUT2D eigenvalue weighted by atomic mass is 10.1. The topological polar surface area (TPSA) is 50.8 Å². The van der Waals surface area contributed by atoms with Gasteiger partial charge in [-0.05, 0) is 81.1 Å². The molecule has 2 aromatic rings. The fraction of sp³-hybridized carbons (Fsp3) is 0.435. The fourth-order valence-electron chi connectivity index (χ4n) is 3.35. The molecule has 0 radical (unpaired) electrons. The molecule has 0 spiro atoms. The van der Waals surface area contributed by atoms with Crippen molar-refractivity contribution in [1.29, 1.82) is 0 Å². The van der Waals surface area contributed by atoms with Crippen LogP contribution in [-0.2, 0) is 4.79 Å². The molecule has 1 amide bonds. The number of hydrogen-bond acceptors (Lipinski definition) is 4. The highest BCUT2D eigenvalue weighted by Crippen LogP contribution is 2.22. The number of amides is 1. The lowest BCUT2D eigenvalue weighted by Gasteiger charge is -2.28. The van der Waals surface area contributed by atoms with Crippen molar-refractivity contribution in [3.8, 4) is 11.5 Å². The Kier molecular flexibility index (Phi) is 7.59. The van der Waals surface area contributed by atoms with Crippen molar-refractivity contribution in [3.05, 3.63) is 48.5 Å². The molecular formula is C23H30N2O3. The molecule has 1 fully saturated rings. The van der Waals surface area contributed by atoms with Gasteiger partial charge in [0.25, 0.3) is 0 Å². The van der Waals surface area contributed by atoms with Gasteiger partial charge in [0.15, 0.2) is 0 Å². The standard InChI is InChI=1S/C23H30N2O3/c1-2-27-21-12-14-22(15-13-21)28-18-6-7-23(26)24-19-8-10-20(11-9-19)25-16-4-3-5-17-25/h8-15H,2-7,16-18H2,1H3,(H,24,26). The molecule has 0 bridgehead atoms. The van der Waals surface area contributed by atoms with E-state index < -0.39 is 0 Å². The molecule has 0 aliphatic carbocycles. The number of anilines is 2. The number of carbonyl (C=O) groups excluding carboxylic acids is 1. The van der Waals surface area contributed by atoms with Crippen LogP contribution in [0, 0.1) is 0 Å². The summed E-state index contributed by atoms with van der Waals surface area (Å²) in [7, 11) is 0. The van der Waals surface area contributed by atoms with Crippen molar-refractivity contribution in [2.24, 2.45) is 0 Å².